The summed E-state index contributed by atoms with van der Waals surface area (Å²) in [6, 6.07) is 23.7. The van der Waals surface area contributed by atoms with Crippen molar-refractivity contribution in [2.24, 2.45) is 4.99 Å². The van der Waals surface area contributed by atoms with E-state index in [0.29, 0.717) is 0 Å². The number of ether oxygens (including phenoxy) is 1. The van der Waals surface area contributed by atoms with Gasteiger partial charge >= 0.3 is 0 Å². The maximum atomic E-state index is 13.2. The van der Waals surface area contributed by atoms with Crippen molar-refractivity contribution < 1.29 is 9.53 Å². The molecule has 0 saturated carbocycles. The van der Waals surface area contributed by atoms with Crippen LogP contribution in [0.5, 0.6) is 11.5 Å². The molecule has 2 aliphatic rings. The molecule has 5 nitrogen and oxygen atoms in total. The van der Waals surface area contributed by atoms with Crippen LogP contribution in [0.4, 0.5) is 11.4 Å². The first-order valence-corrected chi connectivity index (χ1v) is 11.8. The first-order chi connectivity index (χ1) is 16.2. The molecule has 168 valence electrons. The lowest BCUT2D eigenvalue weighted by atomic mass is 9.95. The maximum absolute atomic E-state index is 13.2. The SMILES string of the molecule is CC[C@H](C(=O)Nc1ccc2c(c1)C(N1CCCCC1)=Nc1ccccc1O2)c1ccccc1. The highest BCUT2D eigenvalue weighted by atomic mass is 16.5. The Kier molecular flexibility index (Phi) is 6.11. The third kappa shape index (κ3) is 4.49. The van der Waals surface area contributed by atoms with E-state index in [1.807, 2.05) is 79.7 Å². The summed E-state index contributed by atoms with van der Waals surface area (Å²) >= 11 is 0. The molecule has 0 aromatic heterocycles. The zero-order valence-electron chi connectivity index (χ0n) is 19.0. The predicted molar refractivity (Wildman–Crippen MR) is 133 cm³/mol. The Morgan fingerprint density at radius 1 is 0.970 bits per heavy atom. The van der Waals surface area contributed by atoms with E-state index in [1.54, 1.807) is 0 Å². The van der Waals surface area contributed by atoms with Crippen molar-refractivity contribution in [1.29, 1.82) is 0 Å². The highest BCUT2D eigenvalue weighted by Gasteiger charge is 2.25. The number of piperidine rings is 1. The third-order valence-corrected chi connectivity index (χ3v) is 6.38. The molecule has 5 rings (SSSR count). The van der Waals surface area contributed by atoms with E-state index in [4.69, 9.17) is 9.73 Å². The Balaban J connectivity index is 1.49. The zero-order chi connectivity index (χ0) is 22.6. The number of amides is 1. The van der Waals surface area contributed by atoms with Crippen molar-refractivity contribution >= 4 is 23.1 Å². The molecule has 5 heteroatoms. The number of rotatable bonds is 4. The number of carbonyl (C=O) groups excluding carboxylic acids is 1. The molecule has 0 aliphatic carbocycles. The smallest absolute Gasteiger partial charge is 0.231 e. The molecule has 2 aliphatic heterocycles. The summed E-state index contributed by atoms with van der Waals surface area (Å²) in [5, 5.41) is 3.14. The van der Waals surface area contributed by atoms with Crippen LogP contribution in [0.15, 0.2) is 77.8 Å². The summed E-state index contributed by atoms with van der Waals surface area (Å²) in [7, 11) is 0. The summed E-state index contributed by atoms with van der Waals surface area (Å²) in [6.45, 7) is 3.99. The standard InChI is InChI=1S/C28H29N3O2/c1-2-22(20-11-5-3-6-12-20)28(32)29-21-15-16-25-23(19-21)27(31-17-9-4-10-18-31)30-24-13-7-8-14-26(24)33-25/h3,5-8,11-16,19,22H,2,4,9-10,17-18H2,1H3,(H,29,32)/t22-/m0/s1. The minimum absolute atomic E-state index is 0.00191. The first-order valence-electron chi connectivity index (χ1n) is 11.8. The van der Waals surface area contributed by atoms with Crippen LogP contribution in [0.1, 0.15) is 49.7 Å². The minimum Gasteiger partial charge on any atom is -0.454 e. The van der Waals surface area contributed by atoms with Gasteiger partial charge in [-0.3, -0.25) is 4.79 Å². The minimum atomic E-state index is -0.194. The molecule has 1 atom stereocenters. The normalized spacial score (nSPS) is 15.9. The number of nitrogens with one attached hydrogen (secondary N) is 1. The van der Waals surface area contributed by atoms with E-state index in [-0.39, 0.29) is 11.8 Å². The van der Waals surface area contributed by atoms with Crippen molar-refractivity contribution in [3.8, 4) is 11.5 Å². The van der Waals surface area contributed by atoms with Crippen LogP contribution in [0.2, 0.25) is 0 Å². The number of hydrogen-bond donors (Lipinski definition) is 1. The van der Waals surface area contributed by atoms with Crippen LogP contribution < -0.4 is 10.1 Å². The van der Waals surface area contributed by atoms with Crippen LogP contribution in [0.3, 0.4) is 0 Å². The molecule has 3 aromatic carbocycles. The number of likely N-dealkylation sites (tertiary alicyclic amines) is 1. The Bertz CT molecular complexity index is 1170. The summed E-state index contributed by atoms with van der Waals surface area (Å²) in [6.07, 6.45) is 4.29. The largest absolute Gasteiger partial charge is 0.454 e. The molecule has 0 radical (unpaired) electrons. The fourth-order valence-electron chi connectivity index (χ4n) is 4.63. The van der Waals surface area contributed by atoms with Crippen LogP contribution in [-0.2, 0) is 4.79 Å². The monoisotopic (exact) mass is 439 g/mol. The Labute approximate surface area is 195 Å². The van der Waals surface area contributed by atoms with Gasteiger partial charge in [-0.25, -0.2) is 4.99 Å². The Morgan fingerprint density at radius 3 is 2.52 bits per heavy atom. The number of aliphatic imine (C=N–C) groups is 1. The number of fused-ring (bicyclic) bond motifs is 2. The first kappa shape index (κ1) is 21.3. The molecule has 3 aromatic rings. The highest BCUT2D eigenvalue weighted by Crippen LogP contribution is 2.39. The van der Waals surface area contributed by atoms with Gasteiger partial charge in [-0.1, -0.05) is 49.4 Å². The molecular weight excluding hydrogens is 410 g/mol. The number of nitrogens with zero attached hydrogens (tertiary/aromatic N) is 2. The molecular formula is C28H29N3O2. The van der Waals surface area contributed by atoms with Gasteiger partial charge in [-0.2, -0.15) is 0 Å². The number of hydrogen-bond acceptors (Lipinski definition) is 4. The number of amidine groups is 1. The van der Waals surface area contributed by atoms with Crippen molar-refractivity contribution in [1.82, 2.24) is 4.90 Å². The second-order valence-corrected chi connectivity index (χ2v) is 8.62. The van der Waals surface area contributed by atoms with Gasteiger partial charge in [0.05, 0.1) is 11.5 Å². The van der Waals surface area contributed by atoms with Gasteiger partial charge in [0.15, 0.2) is 5.75 Å². The van der Waals surface area contributed by atoms with E-state index in [9.17, 15) is 4.79 Å². The molecule has 0 bridgehead atoms. The molecule has 1 fully saturated rings. The predicted octanol–water partition coefficient (Wildman–Crippen LogP) is 6.49. The second-order valence-electron chi connectivity index (χ2n) is 8.62. The van der Waals surface area contributed by atoms with Crippen LogP contribution >= 0.6 is 0 Å². The molecule has 33 heavy (non-hydrogen) atoms. The van der Waals surface area contributed by atoms with Crippen molar-refractivity contribution in [2.45, 2.75) is 38.5 Å². The molecule has 1 saturated heterocycles. The van der Waals surface area contributed by atoms with Crippen molar-refractivity contribution in [3.63, 3.8) is 0 Å². The lowest BCUT2D eigenvalue weighted by molar-refractivity contribution is -0.117. The molecule has 1 N–H and O–H groups in total. The zero-order valence-corrected chi connectivity index (χ0v) is 19.0. The van der Waals surface area contributed by atoms with Crippen LogP contribution in [0.25, 0.3) is 0 Å². The molecule has 0 unspecified atom stereocenters. The van der Waals surface area contributed by atoms with Gasteiger partial charge in [0.2, 0.25) is 5.91 Å². The number of benzene rings is 3. The average molecular weight is 440 g/mol. The quantitative estimate of drug-likeness (QED) is 0.506. The third-order valence-electron chi connectivity index (χ3n) is 6.38. The van der Waals surface area contributed by atoms with E-state index in [1.165, 1.54) is 6.42 Å². The van der Waals surface area contributed by atoms with E-state index >= 15 is 0 Å². The van der Waals surface area contributed by atoms with Gasteiger partial charge in [0.25, 0.3) is 0 Å². The summed E-state index contributed by atoms with van der Waals surface area (Å²) in [5.41, 5.74) is 3.53. The van der Waals surface area contributed by atoms with E-state index < -0.39 is 0 Å². The van der Waals surface area contributed by atoms with Crippen molar-refractivity contribution in [2.75, 3.05) is 18.4 Å². The maximum Gasteiger partial charge on any atom is 0.231 e. The van der Waals surface area contributed by atoms with E-state index in [2.05, 4.69) is 10.2 Å². The molecule has 1 amide bonds. The second kappa shape index (κ2) is 9.49. The van der Waals surface area contributed by atoms with E-state index in [0.717, 1.165) is 72.2 Å². The molecule has 2 heterocycles. The van der Waals surface area contributed by atoms with Crippen molar-refractivity contribution in [3.05, 3.63) is 83.9 Å². The Morgan fingerprint density at radius 2 is 1.73 bits per heavy atom. The van der Waals surface area contributed by atoms with Gasteiger partial charge in [-0.15, -0.1) is 0 Å². The van der Waals surface area contributed by atoms with Crippen LogP contribution in [0, 0.1) is 0 Å². The Hall–Kier alpha value is -3.60. The lowest BCUT2D eigenvalue weighted by Crippen LogP contribution is -2.36. The van der Waals surface area contributed by atoms with Gasteiger partial charge in [0.1, 0.15) is 17.3 Å². The highest BCUT2D eigenvalue weighted by molar-refractivity contribution is 6.05. The van der Waals surface area contributed by atoms with Crippen LogP contribution in [-0.4, -0.2) is 29.7 Å². The summed E-state index contributed by atoms with van der Waals surface area (Å²) < 4.78 is 6.27. The summed E-state index contributed by atoms with van der Waals surface area (Å²) in [4.78, 5) is 20.5. The summed E-state index contributed by atoms with van der Waals surface area (Å²) in [5.74, 6) is 2.23. The lowest BCUT2D eigenvalue weighted by Gasteiger charge is -2.30. The fraction of sp³-hybridized carbons (Fsp3) is 0.286. The van der Waals surface area contributed by atoms with Gasteiger partial charge in [0, 0.05) is 18.8 Å². The fourth-order valence-corrected chi connectivity index (χ4v) is 4.63. The number of carbonyl (C=O) groups is 1. The number of para-hydroxylation sites is 2. The number of anilines is 1. The van der Waals surface area contributed by atoms with Gasteiger partial charge < -0.3 is 15.0 Å². The average Bonchev–Trinajstić information content (AvgIpc) is 3.02. The topological polar surface area (TPSA) is 53.9 Å². The van der Waals surface area contributed by atoms with Gasteiger partial charge in [-0.05, 0) is 61.6 Å². The molecule has 0 spiro atoms.